The lowest BCUT2D eigenvalue weighted by atomic mass is 9.99. The zero-order valence-corrected chi connectivity index (χ0v) is 15.0. The molecular formula is C17H33NO4. The Labute approximate surface area is 135 Å². The molecular weight excluding hydrogens is 282 g/mol. The van der Waals surface area contributed by atoms with E-state index in [-0.39, 0.29) is 17.3 Å². The molecule has 0 heterocycles. The van der Waals surface area contributed by atoms with Crippen molar-refractivity contribution in [3.05, 3.63) is 0 Å². The van der Waals surface area contributed by atoms with Crippen LogP contribution in [-0.2, 0) is 14.3 Å². The predicted molar refractivity (Wildman–Crippen MR) is 87.7 cm³/mol. The van der Waals surface area contributed by atoms with Crippen molar-refractivity contribution in [1.82, 2.24) is 5.32 Å². The molecule has 130 valence electrons. The molecule has 5 heteroatoms. The van der Waals surface area contributed by atoms with E-state index in [0.29, 0.717) is 19.6 Å². The summed E-state index contributed by atoms with van der Waals surface area (Å²) >= 11 is 0. The van der Waals surface area contributed by atoms with Crippen LogP contribution in [0.2, 0.25) is 0 Å². The molecule has 0 aromatic heterocycles. The zero-order valence-electron chi connectivity index (χ0n) is 15.0. The molecule has 0 aliphatic rings. The molecule has 0 fully saturated rings. The summed E-state index contributed by atoms with van der Waals surface area (Å²) in [4.78, 5) is 23.9. The average Bonchev–Trinajstić information content (AvgIpc) is 2.39. The van der Waals surface area contributed by atoms with E-state index < -0.39 is 12.1 Å². The number of hydrogen-bond donors (Lipinski definition) is 1. The second kappa shape index (κ2) is 10.5. The van der Waals surface area contributed by atoms with Crippen LogP contribution in [0.15, 0.2) is 0 Å². The van der Waals surface area contributed by atoms with E-state index in [4.69, 9.17) is 9.47 Å². The lowest BCUT2D eigenvalue weighted by Gasteiger charge is -2.22. The molecule has 0 aliphatic heterocycles. The fourth-order valence-corrected chi connectivity index (χ4v) is 1.78. The highest BCUT2D eigenvalue weighted by molar-refractivity contribution is 5.81. The number of ether oxygens (including phenoxy) is 2. The fraction of sp³-hybridized carbons (Fsp3) is 0.882. The molecule has 1 atom stereocenters. The van der Waals surface area contributed by atoms with E-state index >= 15 is 0 Å². The van der Waals surface area contributed by atoms with E-state index in [1.54, 1.807) is 0 Å². The van der Waals surface area contributed by atoms with E-state index in [0.717, 1.165) is 19.3 Å². The van der Waals surface area contributed by atoms with Gasteiger partial charge in [0.1, 0.15) is 6.04 Å². The van der Waals surface area contributed by atoms with E-state index in [1.165, 1.54) is 0 Å². The highest BCUT2D eigenvalue weighted by Crippen LogP contribution is 2.13. The Balaban J connectivity index is 4.37. The smallest absolute Gasteiger partial charge is 0.407 e. The number of carbonyl (C=O) groups excluding carboxylic acids is 2. The summed E-state index contributed by atoms with van der Waals surface area (Å²) in [5, 5.41) is 2.63. The highest BCUT2D eigenvalue weighted by atomic mass is 16.6. The molecule has 0 saturated heterocycles. The third kappa shape index (κ3) is 11.4. The standard InChI is InChI=1S/C17H33NO4/c1-7-8-9-10-21-15(19)14(11-13(2)3)18-16(20)22-12-17(4,5)6/h13-14H,7-12H2,1-6H3,(H,18,20). The van der Waals surface area contributed by atoms with Crippen LogP contribution in [-0.4, -0.2) is 31.3 Å². The maximum atomic E-state index is 12.1. The lowest BCUT2D eigenvalue weighted by Crippen LogP contribution is -2.43. The molecule has 1 amide bonds. The van der Waals surface area contributed by atoms with Crippen LogP contribution in [0.4, 0.5) is 4.79 Å². The molecule has 5 nitrogen and oxygen atoms in total. The Morgan fingerprint density at radius 3 is 2.23 bits per heavy atom. The fourth-order valence-electron chi connectivity index (χ4n) is 1.78. The number of carbonyl (C=O) groups is 2. The van der Waals surface area contributed by atoms with Gasteiger partial charge in [-0.15, -0.1) is 0 Å². The summed E-state index contributed by atoms with van der Waals surface area (Å²) in [5.74, 6) is -0.103. The molecule has 0 aliphatic carbocycles. The third-order valence-electron chi connectivity index (χ3n) is 2.91. The Morgan fingerprint density at radius 1 is 1.09 bits per heavy atom. The van der Waals surface area contributed by atoms with Gasteiger partial charge in [0.05, 0.1) is 13.2 Å². The van der Waals surface area contributed by atoms with Crippen LogP contribution < -0.4 is 5.32 Å². The van der Waals surface area contributed by atoms with Crippen molar-refractivity contribution in [2.75, 3.05) is 13.2 Å². The number of unbranched alkanes of at least 4 members (excludes halogenated alkanes) is 2. The highest BCUT2D eigenvalue weighted by Gasteiger charge is 2.24. The summed E-state index contributed by atoms with van der Waals surface area (Å²) < 4.78 is 10.4. The van der Waals surface area contributed by atoms with Crippen molar-refractivity contribution in [3.63, 3.8) is 0 Å². The van der Waals surface area contributed by atoms with Crippen LogP contribution in [0.5, 0.6) is 0 Å². The molecule has 0 spiro atoms. The number of hydrogen-bond acceptors (Lipinski definition) is 4. The Kier molecular flexibility index (Phi) is 9.86. The predicted octanol–water partition coefficient (Wildman–Crippen LogP) is 3.91. The van der Waals surface area contributed by atoms with Crippen molar-refractivity contribution >= 4 is 12.1 Å². The lowest BCUT2D eigenvalue weighted by molar-refractivity contribution is -0.146. The van der Waals surface area contributed by atoms with Gasteiger partial charge >= 0.3 is 12.1 Å². The van der Waals surface area contributed by atoms with Crippen molar-refractivity contribution in [1.29, 1.82) is 0 Å². The topological polar surface area (TPSA) is 64.6 Å². The Bertz CT molecular complexity index is 334. The summed E-state index contributed by atoms with van der Waals surface area (Å²) in [6.45, 7) is 12.7. The molecule has 0 radical (unpaired) electrons. The quantitative estimate of drug-likeness (QED) is 0.517. The largest absolute Gasteiger partial charge is 0.464 e. The van der Waals surface area contributed by atoms with Gasteiger partial charge in [-0.05, 0) is 24.2 Å². The monoisotopic (exact) mass is 315 g/mol. The first kappa shape index (κ1) is 20.7. The van der Waals surface area contributed by atoms with Crippen molar-refractivity contribution in [2.24, 2.45) is 11.3 Å². The minimum absolute atomic E-state index is 0.106. The summed E-state index contributed by atoms with van der Waals surface area (Å²) in [6, 6.07) is -0.644. The number of esters is 1. The van der Waals surface area contributed by atoms with Crippen molar-refractivity contribution in [2.45, 2.75) is 73.3 Å². The van der Waals surface area contributed by atoms with Gasteiger partial charge in [-0.3, -0.25) is 0 Å². The van der Waals surface area contributed by atoms with Gasteiger partial charge in [0.2, 0.25) is 0 Å². The van der Waals surface area contributed by atoms with E-state index in [9.17, 15) is 9.59 Å². The van der Waals surface area contributed by atoms with Crippen LogP contribution in [0.1, 0.15) is 67.2 Å². The molecule has 0 rings (SSSR count). The van der Waals surface area contributed by atoms with Crippen LogP contribution in [0, 0.1) is 11.3 Å². The van der Waals surface area contributed by atoms with Crippen molar-refractivity contribution < 1.29 is 19.1 Å². The first-order valence-electron chi connectivity index (χ1n) is 8.25. The number of nitrogens with one attached hydrogen (secondary N) is 1. The first-order valence-corrected chi connectivity index (χ1v) is 8.25. The number of alkyl carbamates (subject to hydrolysis) is 1. The maximum Gasteiger partial charge on any atom is 0.407 e. The Hall–Kier alpha value is -1.26. The first-order chi connectivity index (χ1) is 10.2. The normalized spacial score (nSPS) is 12.9. The molecule has 0 aromatic rings. The summed E-state index contributed by atoms with van der Waals surface area (Å²) in [6.07, 6.45) is 2.93. The summed E-state index contributed by atoms with van der Waals surface area (Å²) in [7, 11) is 0. The molecule has 0 bridgehead atoms. The van der Waals surface area contributed by atoms with Crippen LogP contribution >= 0.6 is 0 Å². The SMILES string of the molecule is CCCCCOC(=O)C(CC(C)C)NC(=O)OCC(C)(C)C. The Morgan fingerprint density at radius 2 is 1.73 bits per heavy atom. The van der Waals surface area contributed by atoms with Gasteiger partial charge < -0.3 is 14.8 Å². The maximum absolute atomic E-state index is 12.1. The molecule has 0 saturated carbocycles. The van der Waals surface area contributed by atoms with Gasteiger partial charge in [0.25, 0.3) is 0 Å². The van der Waals surface area contributed by atoms with Gasteiger partial charge in [0, 0.05) is 0 Å². The zero-order chi connectivity index (χ0) is 17.2. The van der Waals surface area contributed by atoms with Gasteiger partial charge in [-0.2, -0.15) is 0 Å². The van der Waals surface area contributed by atoms with Crippen molar-refractivity contribution in [3.8, 4) is 0 Å². The van der Waals surface area contributed by atoms with Crippen LogP contribution in [0.3, 0.4) is 0 Å². The van der Waals surface area contributed by atoms with Gasteiger partial charge in [0.15, 0.2) is 0 Å². The van der Waals surface area contributed by atoms with E-state index in [2.05, 4.69) is 12.2 Å². The molecule has 22 heavy (non-hydrogen) atoms. The summed E-state index contributed by atoms with van der Waals surface area (Å²) in [5.41, 5.74) is -0.106. The molecule has 1 unspecified atom stereocenters. The van der Waals surface area contributed by atoms with Gasteiger partial charge in [-0.1, -0.05) is 54.4 Å². The minimum atomic E-state index is -0.644. The molecule has 1 N–H and O–H groups in total. The second-order valence-corrected chi connectivity index (χ2v) is 7.34. The molecule has 0 aromatic carbocycles. The second-order valence-electron chi connectivity index (χ2n) is 7.34. The van der Waals surface area contributed by atoms with Gasteiger partial charge in [-0.25, -0.2) is 9.59 Å². The van der Waals surface area contributed by atoms with Crippen LogP contribution in [0.25, 0.3) is 0 Å². The van der Waals surface area contributed by atoms with E-state index in [1.807, 2.05) is 34.6 Å². The number of amides is 1. The number of rotatable bonds is 9. The minimum Gasteiger partial charge on any atom is -0.464 e. The average molecular weight is 315 g/mol. The third-order valence-corrected chi connectivity index (χ3v) is 2.91.